The Labute approximate surface area is 174 Å². The van der Waals surface area contributed by atoms with E-state index in [-0.39, 0.29) is 36.1 Å². The third kappa shape index (κ3) is 7.14. The average molecular weight is 494 g/mol. The van der Waals surface area contributed by atoms with Crippen LogP contribution in [0, 0.1) is 11.6 Å². The van der Waals surface area contributed by atoms with Crippen LogP contribution in [0.4, 0.5) is 8.78 Å². The Hall–Kier alpha value is -1.29. The van der Waals surface area contributed by atoms with Crippen LogP contribution in [0.2, 0.25) is 0 Å². The van der Waals surface area contributed by atoms with E-state index in [1.807, 2.05) is 6.92 Å². The van der Waals surface area contributed by atoms with E-state index < -0.39 is 11.6 Å². The molecule has 0 saturated carbocycles. The summed E-state index contributed by atoms with van der Waals surface area (Å²) in [5, 5.41) is 9.51. The van der Waals surface area contributed by atoms with Gasteiger partial charge in [-0.2, -0.15) is 0 Å². The molecule has 0 amide bonds. The van der Waals surface area contributed by atoms with Gasteiger partial charge >= 0.3 is 0 Å². The summed E-state index contributed by atoms with van der Waals surface area (Å²) in [4.78, 5) is 8.91. The molecule has 0 spiro atoms. The van der Waals surface area contributed by atoms with E-state index >= 15 is 0 Å². The largest absolute Gasteiger partial charge is 0.357 e. The topological polar surface area (TPSA) is 49.3 Å². The van der Waals surface area contributed by atoms with Crippen molar-refractivity contribution in [1.29, 1.82) is 0 Å². The number of rotatable bonds is 7. The first kappa shape index (κ1) is 22.8. The van der Waals surface area contributed by atoms with E-state index in [9.17, 15) is 8.78 Å². The van der Waals surface area contributed by atoms with Gasteiger partial charge in [-0.25, -0.2) is 18.8 Å². The first-order valence-electron chi connectivity index (χ1n) is 8.40. The molecule has 144 valence electrons. The monoisotopic (exact) mass is 494 g/mol. The van der Waals surface area contributed by atoms with Crippen molar-refractivity contribution in [2.45, 2.75) is 39.7 Å². The second-order valence-electron chi connectivity index (χ2n) is 5.94. The third-order valence-corrected chi connectivity index (χ3v) is 4.69. The minimum atomic E-state index is -0.464. The third-order valence-electron chi connectivity index (χ3n) is 3.50. The van der Waals surface area contributed by atoms with Crippen LogP contribution in [0.5, 0.6) is 0 Å². The maximum Gasteiger partial charge on any atom is 0.191 e. The van der Waals surface area contributed by atoms with Gasteiger partial charge in [0.25, 0.3) is 0 Å². The average Bonchev–Trinajstić information content (AvgIpc) is 3.04. The molecule has 1 heterocycles. The first-order chi connectivity index (χ1) is 12.0. The van der Waals surface area contributed by atoms with Crippen LogP contribution in [-0.4, -0.2) is 24.0 Å². The highest BCUT2D eigenvalue weighted by Gasteiger charge is 2.07. The summed E-state index contributed by atoms with van der Waals surface area (Å²) < 4.78 is 26.9. The number of nitrogens with zero attached hydrogens (tertiary/aromatic N) is 2. The Balaban J connectivity index is 0.00000338. The quantitative estimate of drug-likeness (QED) is 0.340. The lowest BCUT2D eigenvalue weighted by molar-refractivity contribution is 0.585. The molecule has 0 bridgehead atoms. The molecule has 0 aliphatic rings. The van der Waals surface area contributed by atoms with E-state index in [0.717, 1.165) is 29.3 Å². The van der Waals surface area contributed by atoms with E-state index in [0.29, 0.717) is 25.0 Å². The van der Waals surface area contributed by atoms with Crippen LogP contribution in [0.15, 0.2) is 28.6 Å². The fraction of sp³-hybridized carbons (Fsp3) is 0.444. The molecule has 1 aromatic carbocycles. The number of thiazole rings is 1. The summed E-state index contributed by atoms with van der Waals surface area (Å²) in [6.45, 7) is 7.64. The van der Waals surface area contributed by atoms with Gasteiger partial charge in [-0.05, 0) is 25.1 Å². The molecule has 26 heavy (non-hydrogen) atoms. The van der Waals surface area contributed by atoms with Gasteiger partial charge in [0.05, 0.1) is 17.2 Å². The number of nitrogens with one attached hydrogen (secondary N) is 2. The second kappa shape index (κ2) is 11.4. The first-order valence-corrected chi connectivity index (χ1v) is 9.28. The van der Waals surface area contributed by atoms with E-state index in [1.54, 1.807) is 11.3 Å². The number of hydrogen-bond acceptors (Lipinski definition) is 3. The molecule has 1 aromatic heterocycles. The molecule has 0 fully saturated rings. The molecule has 0 unspecified atom stereocenters. The van der Waals surface area contributed by atoms with Crippen molar-refractivity contribution in [2.75, 3.05) is 13.1 Å². The predicted molar refractivity (Wildman–Crippen MR) is 114 cm³/mol. The molecule has 8 heteroatoms. The summed E-state index contributed by atoms with van der Waals surface area (Å²) in [6.07, 6.45) is 0.780. The zero-order valence-corrected chi connectivity index (χ0v) is 18.3. The Kier molecular flexibility index (Phi) is 10.0. The van der Waals surface area contributed by atoms with Crippen LogP contribution in [0.3, 0.4) is 0 Å². The molecule has 4 nitrogen and oxygen atoms in total. The van der Waals surface area contributed by atoms with Crippen molar-refractivity contribution in [3.63, 3.8) is 0 Å². The lowest BCUT2D eigenvalue weighted by Gasteiger charge is -2.11. The van der Waals surface area contributed by atoms with Crippen molar-refractivity contribution in [1.82, 2.24) is 15.6 Å². The van der Waals surface area contributed by atoms with Crippen molar-refractivity contribution < 1.29 is 8.78 Å². The summed E-state index contributed by atoms with van der Waals surface area (Å²) in [6, 6.07) is 3.39. The Morgan fingerprint density at radius 1 is 1.27 bits per heavy atom. The highest BCUT2D eigenvalue weighted by Crippen LogP contribution is 2.19. The molecule has 2 N–H and O–H groups in total. The van der Waals surface area contributed by atoms with Gasteiger partial charge in [-0.3, -0.25) is 0 Å². The minimum Gasteiger partial charge on any atom is -0.357 e. The van der Waals surface area contributed by atoms with Crippen molar-refractivity contribution in [3.8, 4) is 0 Å². The zero-order chi connectivity index (χ0) is 18.2. The van der Waals surface area contributed by atoms with Gasteiger partial charge in [-0.1, -0.05) is 13.8 Å². The molecule has 2 rings (SSSR count). The Bertz CT molecular complexity index is 719. The SMILES string of the molecule is CCNC(=NCc1cc(F)ccc1F)NCCc1csc(C(C)C)n1.I. The zero-order valence-electron chi connectivity index (χ0n) is 15.2. The van der Waals surface area contributed by atoms with E-state index in [1.165, 1.54) is 6.07 Å². The number of guanidine groups is 1. The van der Waals surface area contributed by atoms with E-state index in [4.69, 9.17) is 0 Å². The normalized spacial score (nSPS) is 11.4. The Morgan fingerprint density at radius 3 is 2.69 bits per heavy atom. The minimum absolute atomic E-state index is 0. The molecule has 0 radical (unpaired) electrons. The highest BCUT2D eigenvalue weighted by molar-refractivity contribution is 14.0. The lowest BCUT2D eigenvalue weighted by atomic mass is 10.2. The highest BCUT2D eigenvalue weighted by atomic mass is 127. The molecule has 0 saturated heterocycles. The number of hydrogen-bond donors (Lipinski definition) is 2. The summed E-state index contributed by atoms with van der Waals surface area (Å²) >= 11 is 1.68. The predicted octanol–water partition coefficient (Wildman–Crippen LogP) is 4.46. The number of aliphatic imine (C=N–C) groups is 1. The smallest absolute Gasteiger partial charge is 0.191 e. The molecule has 0 atom stereocenters. The number of aromatic nitrogens is 1. The van der Waals surface area contributed by atoms with Crippen LogP contribution in [0.1, 0.15) is 43.0 Å². The standard InChI is InChI=1S/C18H24F2N4S.HI/c1-4-21-18(23-10-13-9-14(19)5-6-16(13)20)22-8-7-15-11-25-17(24-15)12(2)3;/h5-6,9,11-12H,4,7-8,10H2,1-3H3,(H2,21,22,23);1H. The fourth-order valence-corrected chi connectivity index (χ4v) is 3.05. The summed E-state index contributed by atoms with van der Waals surface area (Å²) in [7, 11) is 0. The van der Waals surface area contributed by atoms with Gasteiger partial charge in [0.15, 0.2) is 5.96 Å². The molecular formula is C18H25F2IN4S. The molecule has 0 aliphatic carbocycles. The van der Waals surface area contributed by atoms with Gasteiger partial charge in [0, 0.05) is 36.4 Å². The van der Waals surface area contributed by atoms with Crippen LogP contribution >= 0.6 is 35.3 Å². The molecule has 0 aliphatic heterocycles. The fourth-order valence-electron chi connectivity index (χ4n) is 2.18. The van der Waals surface area contributed by atoms with Gasteiger partial charge < -0.3 is 10.6 Å². The van der Waals surface area contributed by atoms with Crippen molar-refractivity contribution in [2.24, 2.45) is 4.99 Å². The number of benzene rings is 1. The number of halogens is 3. The second-order valence-corrected chi connectivity index (χ2v) is 6.83. The molecular weight excluding hydrogens is 469 g/mol. The van der Waals surface area contributed by atoms with Crippen molar-refractivity contribution in [3.05, 3.63) is 51.5 Å². The van der Waals surface area contributed by atoms with Crippen LogP contribution in [-0.2, 0) is 13.0 Å². The summed E-state index contributed by atoms with van der Waals surface area (Å²) in [5.41, 5.74) is 1.28. The maximum atomic E-state index is 13.7. The maximum absolute atomic E-state index is 13.7. The van der Waals surface area contributed by atoms with Gasteiger partial charge in [-0.15, -0.1) is 35.3 Å². The van der Waals surface area contributed by atoms with E-state index in [2.05, 4.69) is 39.8 Å². The lowest BCUT2D eigenvalue weighted by Crippen LogP contribution is -2.38. The van der Waals surface area contributed by atoms with Crippen LogP contribution < -0.4 is 10.6 Å². The van der Waals surface area contributed by atoms with Crippen molar-refractivity contribution >= 4 is 41.3 Å². The van der Waals surface area contributed by atoms with Gasteiger partial charge in [0.2, 0.25) is 0 Å². The Morgan fingerprint density at radius 2 is 2.04 bits per heavy atom. The summed E-state index contributed by atoms with van der Waals surface area (Å²) in [5.74, 6) is 0.0935. The van der Waals surface area contributed by atoms with Crippen LogP contribution in [0.25, 0.3) is 0 Å². The van der Waals surface area contributed by atoms with Gasteiger partial charge in [0.1, 0.15) is 11.6 Å². The molecule has 2 aromatic rings.